The van der Waals surface area contributed by atoms with Crippen molar-refractivity contribution >= 4 is 29.2 Å². The van der Waals surface area contributed by atoms with Crippen molar-refractivity contribution in [2.24, 2.45) is 0 Å². The number of esters is 1. The Kier molecular flexibility index (Phi) is 10.4. The molecule has 0 heterocycles. The summed E-state index contributed by atoms with van der Waals surface area (Å²) in [5.41, 5.74) is 0. The Morgan fingerprint density at radius 3 is 2.43 bits per heavy atom. The fourth-order valence-corrected chi connectivity index (χ4v) is 0.803. The summed E-state index contributed by atoms with van der Waals surface area (Å²) in [6.45, 7) is 0.851. The van der Waals surface area contributed by atoms with Crippen LogP contribution in [0.5, 0.6) is 0 Å². The number of hydrogen-bond donors (Lipinski definition) is 0. The van der Waals surface area contributed by atoms with E-state index in [1.165, 1.54) is 12.3 Å². The summed E-state index contributed by atoms with van der Waals surface area (Å²) >= 11 is 10.8. The van der Waals surface area contributed by atoms with Gasteiger partial charge in [-0.25, -0.2) is 4.79 Å². The Labute approximate surface area is 94.0 Å². The lowest BCUT2D eigenvalue weighted by Crippen LogP contribution is -2.02. The van der Waals surface area contributed by atoms with E-state index in [0.29, 0.717) is 31.4 Å². The van der Waals surface area contributed by atoms with Gasteiger partial charge in [0.15, 0.2) is 0 Å². The lowest BCUT2D eigenvalue weighted by molar-refractivity contribution is -0.137. The maximum atomic E-state index is 10.9. The number of halogens is 2. The first kappa shape index (κ1) is 13.6. The number of hydrogen-bond acceptors (Lipinski definition) is 3. The molecule has 14 heavy (non-hydrogen) atoms. The molecule has 0 N–H and O–H groups in total. The Morgan fingerprint density at radius 2 is 1.79 bits per heavy atom. The number of rotatable bonds is 8. The zero-order chi connectivity index (χ0) is 10.6. The first-order chi connectivity index (χ1) is 6.81. The third-order valence-corrected chi connectivity index (χ3v) is 1.75. The first-order valence-electron chi connectivity index (χ1n) is 4.38. The summed E-state index contributed by atoms with van der Waals surface area (Å²) < 4.78 is 9.73. The molecule has 0 saturated heterocycles. The molecule has 0 aromatic rings. The van der Waals surface area contributed by atoms with Crippen LogP contribution in [0.3, 0.4) is 0 Å². The molecule has 0 atom stereocenters. The number of carbonyl (C=O) groups is 1. The van der Waals surface area contributed by atoms with Gasteiger partial charge in [-0.3, -0.25) is 0 Å². The summed E-state index contributed by atoms with van der Waals surface area (Å²) in [7, 11) is 0. The molecule has 3 nitrogen and oxygen atoms in total. The van der Waals surface area contributed by atoms with Gasteiger partial charge < -0.3 is 9.47 Å². The molecular formula is C9H14Cl2O3. The molecule has 0 saturated carbocycles. The highest BCUT2D eigenvalue weighted by Gasteiger charge is 1.95. The second-order valence-electron chi connectivity index (χ2n) is 2.43. The van der Waals surface area contributed by atoms with Crippen LogP contribution in [0, 0.1) is 0 Å². The van der Waals surface area contributed by atoms with Crippen molar-refractivity contribution in [2.75, 3.05) is 25.0 Å². The molecule has 0 aliphatic rings. The van der Waals surface area contributed by atoms with Crippen molar-refractivity contribution in [1.29, 1.82) is 0 Å². The fourth-order valence-electron chi connectivity index (χ4n) is 0.585. The third kappa shape index (κ3) is 9.68. The predicted molar refractivity (Wildman–Crippen MR) is 56.7 cm³/mol. The van der Waals surface area contributed by atoms with Crippen molar-refractivity contribution in [3.05, 3.63) is 12.3 Å². The molecule has 0 unspecified atom stereocenters. The van der Waals surface area contributed by atoms with Crippen molar-refractivity contribution in [2.45, 2.75) is 12.8 Å². The highest BCUT2D eigenvalue weighted by molar-refractivity contribution is 6.18. The minimum absolute atomic E-state index is 0.342. The molecule has 0 aromatic carbocycles. The van der Waals surface area contributed by atoms with Gasteiger partial charge in [0.05, 0.1) is 25.6 Å². The molecule has 0 aliphatic carbocycles. The Balaban J connectivity index is 3.32. The molecule has 0 bridgehead atoms. The molecule has 0 amide bonds. The minimum Gasteiger partial charge on any atom is -0.501 e. The van der Waals surface area contributed by atoms with Crippen LogP contribution in [-0.4, -0.2) is 30.9 Å². The summed E-state index contributed by atoms with van der Waals surface area (Å²) in [5.74, 6) is 0.623. The molecule has 0 fully saturated rings. The topological polar surface area (TPSA) is 35.5 Å². The molecule has 0 aromatic heterocycles. The van der Waals surface area contributed by atoms with Gasteiger partial charge in [-0.1, -0.05) is 0 Å². The van der Waals surface area contributed by atoms with Gasteiger partial charge in [0.25, 0.3) is 0 Å². The van der Waals surface area contributed by atoms with Gasteiger partial charge in [0.2, 0.25) is 0 Å². The molecular weight excluding hydrogens is 227 g/mol. The first-order valence-corrected chi connectivity index (χ1v) is 5.45. The lowest BCUT2D eigenvalue weighted by Gasteiger charge is -1.99. The summed E-state index contributed by atoms with van der Waals surface area (Å²) in [6.07, 6.45) is 3.97. The predicted octanol–water partition coefficient (Wildman–Crippen LogP) is 2.32. The van der Waals surface area contributed by atoms with Gasteiger partial charge in [-0.05, 0) is 12.8 Å². The second kappa shape index (κ2) is 10.7. The van der Waals surface area contributed by atoms with Crippen LogP contribution in [0.4, 0.5) is 0 Å². The molecule has 0 spiro atoms. The summed E-state index contributed by atoms with van der Waals surface area (Å²) in [5, 5.41) is 0. The Morgan fingerprint density at radius 1 is 1.14 bits per heavy atom. The van der Waals surface area contributed by atoms with Gasteiger partial charge in [0, 0.05) is 11.8 Å². The van der Waals surface area contributed by atoms with E-state index in [2.05, 4.69) is 0 Å². The zero-order valence-corrected chi connectivity index (χ0v) is 9.39. The van der Waals surface area contributed by atoms with Gasteiger partial charge in [-0.2, -0.15) is 0 Å². The number of alkyl halides is 2. The SMILES string of the molecule is O=C(/C=C/OCCCCl)OCCCCl. The zero-order valence-electron chi connectivity index (χ0n) is 7.88. The van der Waals surface area contributed by atoms with E-state index in [1.807, 2.05) is 0 Å². The van der Waals surface area contributed by atoms with E-state index in [9.17, 15) is 4.79 Å². The highest BCUT2D eigenvalue weighted by Crippen LogP contribution is 1.90. The quantitative estimate of drug-likeness (QED) is 0.215. The van der Waals surface area contributed by atoms with Crippen LogP contribution < -0.4 is 0 Å². The van der Waals surface area contributed by atoms with E-state index in [0.717, 1.165) is 6.42 Å². The minimum atomic E-state index is -0.416. The standard InChI is InChI=1S/C9H14Cl2O3/c10-4-1-6-13-8-3-9(12)14-7-2-5-11/h3,8H,1-2,4-7H2/b8-3+. The van der Waals surface area contributed by atoms with E-state index in [4.69, 9.17) is 32.7 Å². The maximum Gasteiger partial charge on any atom is 0.333 e. The maximum absolute atomic E-state index is 10.9. The van der Waals surface area contributed by atoms with E-state index >= 15 is 0 Å². The Bertz CT molecular complexity index is 171. The van der Waals surface area contributed by atoms with Crippen molar-refractivity contribution in [1.82, 2.24) is 0 Å². The number of carbonyl (C=O) groups excluding carboxylic acids is 1. The van der Waals surface area contributed by atoms with Gasteiger partial charge in [-0.15, -0.1) is 23.2 Å². The highest BCUT2D eigenvalue weighted by atomic mass is 35.5. The van der Waals surface area contributed by atoms with E-state index in [1.54, 1.807) is 0 Å². The Hall–Kier alpha value is -0.410. The monoisotopic (exact) mass is 240 g/mol. The molecule has 5 heteroatoms. The van der Waals surface area contributed by atoms with Crippen LogP contribution in [0.1, 0.15) is 12.8 Å². The van der Waals surface area contributed by atoms with Crippen LogP contribution in [0.25, 0.3) is 0 Å². The molecule has 0 rings (SSSR count). The smallest absolute Gasteiger partial charge is 0.333 e. The van der Waals surface area contributed by atoms with Crippen molar-refractivity contribution in [3.63, 3.8) is 0 Å². The van der Waals surface area contributed by atoms with E-state index < -0.39 is 5.97 Å². The average Bonchev–Trinajstić information content (AvgIpc) is 2.18. The number of ether oxygens (including phenoxy) is 2. The second-order valence-corrected chi connectivity index (χ2v) is 3.18. The third-order valence-electron chi connectivity index (χ3n) is 1.22. The van der Waals surface area contributed by atoms with Gasteiger partial charge in [0.1, 0.15) is 0 Å². The van der Waals surface area contributed by atoms with Gasteiger partial charge >= 0.3 is 5.97 Å². The van der Waals surface area contributed by atoms with Crippen LogP contribution in [0.15, 0.2) is 12.3 Å². The fraction of sp³-hybridized carbons (Fsp3) is 0.667. The lowest BCUT2D eigenvalue weighted by atomic mass is 10.5. The molecule has 0 aliphatic heterocycles. The largest absolute Gasteiger partial charge is 0.501 e. The van der Waals surface area contributed by atoms with Crippen LogP contribution in [0.2, 0.25) is 0 Å². The average molecular weight is 241 g/mol. The van der Waals surface area contributed by atoms with Crippen molar-refractivity contribution < 1.29 is 14.3 Å². The normalized spacial score (nSPS) is 10.4. The van der Waals surface area contributed by atoms with Crippen LogP contribution in [-0.2, 0) is 14.3 Å². The molecule has 82 valence electrons. The van der Waals surface area contributed by atoms with E-state index in [-0.39, 0.29) is 0 Å². The summed E-state index contributed by atoms with van der Waals surface area (Å²) in [6, 6.07) is 0. The molecule has 0 radical (unpaired) electrons. The summed E-state index contributed by atoms with van der Waals surface area (Å²) in [4.78, 5) is 10.9. The van der Waals surface area contributed by atoms with Crippen molar-refractivity contribution in [3.8, 4) is 0 Å². The van der Waals surface area contributed by atoms with Crippen LogP contribution >= 0.6 is 23.2 Å².